The van der Waals surface area contributed by atoms with E-state index in [2.05, 4.69) is 25.1 Å². The summed E-state index contributed by atoms with van der Waals surface area (Å²) >= 11 is 5.83. The molecule has 12 nitrogen and oxygen atoms in total. The number of nitro groups is 1. The molecule has 4 rings (SSSR count). The predicted octanol–water partition coefficient (Wildman–Crippen LogP) is 3.15. The molecule has 15 heteroatoms. The van der Waals surface area contributed by atoms with Gasteiger partial charge in [0.15, 0.2) is 11.8 Å². The van der Waals surface area contributed by atoms with Gasteiger partial charge >= 0.3 is 11.6 Å². The summed E-state index contributed by atoms with van der Waals surface area (Å²) in [6.45, 7) is 2.27. The van der Waals surface area contributed by atoms with Gasteiger partial charge in [-0.05, 0) is 25.4 Å². The molecule has 0 fully saturated rings. The Balaban J connectivity index is 1.59. The normalized spacial score (nSPS) is 12.2. The average molecular weight is 495 g/mol. The van der Waals surface area contributed by atoms with Crippen LogP contribution in [0.1, 0.15) is 11.4 Å². The van der Waals surface area contributed by atoms with Gasteiger partial charge in [0.2, 0.25) is 11.2 Å². The molecule has 1 unspecified atom stereocenters. The largest absolute Gasteiger partial charge is 0.479 e. The van der Waals surface area contributed by atoms with E-state index in [0.717, 1.165) is 16.9 Å². The predicted molar refractivity (Wildman–Crippen MR) is 115 cm³/mol. The van der Waals surface area contributed by atoms with Gasteiger partial charge in [-0.2, -0.15) is 10.1 Å². The number of aromatic nitrogens is 7. The average Bonchev–Trinajstić information content (AvgIpc) is 3.28. The van der Waals surface area contributed by atoms with Crippen LogP contribution in [0.15, 0.2) is 18.5 Å². The third-order valence-corrected chi connectivity index (χ3v) is 5.06. The summed E-state index contributed by atoms with van der Waals surface area (Å²) in [6, 6.07) is 1.05. The first kappa shape index (κ1) is 23.2. The van der Waals surface area contributed by atoms with Crippen molar-refractivity contribution in [2.24, 2.45) is 0 Å². The summed E-state index contributed by atoms with van der Waals surface area (Å²) in [6.07, 6.45) is 0.785. The topological polar surface area (TPSA) is 136 Å². The molecule has 0 spiro atoms. The lowest BCUT2D eigenvalue weighted by atomic mass is 10.3. The highest BCUT2D eigenvalue weighted by Crippen LogP contribution is 2.34. The molecule has 0 aliphatic carbocycles. The minimum Gasteiger partial charge on any atom is -0.479 e. The second kappa shape index (κ2) is 9.13. The number of hydrogen-bond donors (Lipinski definition) is 0. The molecule has 4 heterocycles. The molecule has 0 aliphatic heterocycles. The van der Waals surface area contributed by atoms with Crippen LogP contribution >= 0.6 is 11.6 Å². The Morgan fingerprint density at radius 3 is 2.71 bits per heavy atom. The van der Waals surface area contributed by atoms with Crippen molar-refractivity contribution in [1.82, 2.24) is 34.5 Å². The molecular formula is C19H17ClF2N8O4. The Labute approximate surface area is 195 Å². The van der Waals surface area contributed by atoms with E-state index in [1.165, 1.54) is 24.9 Å². The monoisotopic (exact) mass is 494 g/mol. The molecular weight excluding hydrogens is 478 g/mol. The van der Waals surface area contributed by atoms with Gasteiger partial charge in [-0.25, -0.2) is 28.1 Å². The Kier molecular flexibility index (Phi) is 6.24. The molecule has 0 aliphatic rings. The first-order chi connectivity index (χ1) is 16.2. The highest BCUT2D eigenvalue weighted by atomic mass is 35.5. The van der Waals surface area contributed by atoms with Gasteiger partial charge in [0.25, 0.3) is 0 Å². The molecule has 0 radical (unpaired) electrons. The zero-order valence-electron chi connectivity index (χ0n) is 18.1. The fourth-order valence-corrected chi connectivity index (χ4v) is 3.49. The smallest absolute Gasteiger partial charge is 0.353 e. The summed E-state index contributed by atoms with van der Waals surface area (Å²) < 4.78 is 41.4. The van der Waals surface area contributed by atoms with Crippen LogP contribution in [-0.4, -0.2) is 59.3 Å². The number of methoxy groups -OCH3 is 1. The van der Waals surface area contributed by atoms with Crippen molar-refractivity contribution < 1.29 is 23.2 Å². The van der Waals surface area contributed by atoms with E-state index >= 15 is 0 Å². The van der Waals surface area contributed by atoms with Crippen LogP contribution in [0.3, 0.4) is 0 Å². The fraction of sp³-hybridized carbons (Fsp3) is 0.316. The van der Waals surface area contributed by atoms with Crippen LogP contribution in [0.25, 0.3) is 16.7 Å². The second-order valence-corrected chi connectivity index (χ2v) is 7.48. The summed E-state index contributed by atoms with van der Waals surface area (Å²) in [7, 11) is 1.31. The number of aryl methyl sites for hydroxylation is 1. The van der Waals surface area contributed by atoms with Gasteiger partial charge in [0.05, 0.1) is 35.9 Å². The minimum absolute atomic E-state index is 0.0146. The Bertz CT molecular complexity index is 1390. The van der Waals surface area contributed by atoms with Crippen molar-refractivity contribution in [3.63, 3.8) is 0 Å². The first-order valence-corrected chi connectivity index (χ1v) is 10.1. The summed E-state index contributed by atoms with van der Waals surface area (Å²) in [5.74, 6) is -1.16. The van der Waals surface area contributed by atoms with Gasteiger partial charge in [-0.3, -0.25) is 10.1 Å². The van der Waals surface area contributed by atoms with Crippen LogP contribution in [0.5, 0.6) is 11.8 Å². The van der Waals surface area contributed by atoms with E-state index < -0.39 is 35.1 Å². The summed E-state index contributed by atoms with van der Waals surface area (Å²) in [5.41, 5.74) is 0.462. The summed E-state index contributed by atoms with van der Waals surface area (Å²) in [5, 5.41) is 20.5. The highest BCUT2D eigenvalue weighted by Gasteiger charge is 2.29. The van der Waals surface area contributed by atoms with Crippen molar-refractivity contribution in [2.75, 3.05) is 13.7 Å². The quantitative estimate of drug-likeness (QED) is 0.205. The lowest BCUT2D eigenvalue weighted by Crippen LogP contribution is -2.21. The number of pyridine rings is 1. The van der Waals surface area contributed by atoms with Crippen molar-refractivity contribution >= 4 is 28.3 Å². The van der Waals surface area contributed by atoms with Gasteiger partial charge in [0.1, 0.15) is 23.8 Å². The third-order valence-electron chi connectivity index (χ3n) is 4.87. The van der Waals surface area contributed by atoms with Crippen LogP contribution in [0, 0.1) is 29.8 Å². The van der Waals surface area contributed by atoms with Crippen LogP contribution in [0.4, 0.5) is 14.5 Å². The lowest BCUT2D eigenvalue weighted by molar-refractivity contribution is -0.386. The fourth-order valence-electron chi connectivity index (χ4n) is 3.36. The standard InChI is InChI=1S/C19H17ClF2N8O4/c1-9-13-6-24-19(20)25-16(13)28(26-9)7-12(22)8-34-18-15(30(31)32)10(2)29(27-18)14-4-11(21)5-23-17(14)33-3/h4-6,12H,7-8H2,1-3H3. The molecule has 0 aromatic carbocycles. The number of fused-ring (bicyclic) bond motifs is 1. The molecule has 4 aromatic rings. The van der Waals surface area contributed by atoms with Crippen molar-refractivity contribution in [3.8, 4) is 17.4 Å². The summed E-state index contributed by atoms with van der Waals surface area (Å²) in [4.78, 5) is 22.7. The maximum Gasteiger partial charge on any atom is 0.353 e. The molecule has 4 aromatic heterocycles. The van der Waals surface area contributed by atoms with E-state index in [1.807, 2.05) is 0 Å². The van der Waals surface area contributed by atoms with Gasteiger partial charge in [-0.1, -0.05) is 0 Å². The maximum atomic E-state index is 14.8. The number of alkyl halides is 1. The van der Waals surface area contributed by atoms with Gasteiger partial charge in [-0.15, -0.1) is 5.10 Å². The van der Waals surface area contributed by atoms with E-state index in [4.69, 9.17) is 21.1 Å². The van der Waals surface area contributed by atoms with E-state index in [1.54, 1.807) is 6.92 Å². The van der Waals surface area contributed by atoms with Crippen LogP contribution in [0.2, 0.25) is 5.28 Å². The zero-order chi connectivity index (χ0) is 24.6. The molecule has 1 atom stereocenters. The van der Waals surface area contributed by atoms with Crippen molar-refractivity contribution in [2.45, 2.75) is 26.6 Å². The van der Waals surface area contributed by atoms with E-state index in [-0.39, 0.29) is 29.1 Å². The number of hydrogen-bond acceptors (Lipinski definition) is 9. The van der Waals surface area contributed by atoms with Crippen LogP contribution < -0.4 is 9.47 Å². The minimum atomic E-state index is -1.63. The van der Waals surface area contributed by atoms with Gasteiger partial charge < -0.3 is 9.47 Å². The Morgan fingerprint density at radius 2 is 2.00 bits per heavy atom. The zero-order valence-corrected chi connectivity index (χ0v) is 18.8. The molecule has 178 valence electrons. The van der Waals surface area contributed by atoms with Crippen LogP contribution in [-0.2, 0) is 6.54 Å². The van der Waals surface area contributed by atoms with Crippen molar-refractivity contribution in [3.05, 3.63) is 51.1 Å². The lowest BCUT2D eigenvalue weighted by Gasteiger charge is -2.09. The molecule has 0 amide bonds. The number of ether oxygens (including phenoxy) is 2. The van der Waals surface area contributed by atoms with E-state index in [0.29, 0.717) is 16.7 Å². The molecule has 0 N–H and O–H groups in total. The molecule has 0 saturated carbocycles. The number of rotatable bonds is 8. The molecule has 0 bridgehead atoms. The maximum absolute atomic E-state index is 14.8. The number of nitrogens with zero attached hydrogens (tertiary/aromatic N) is 8. The SMILES string of the molecule is COc1ncc(F)cc1-n1nc(OCC(F)Cn2nc(C)c3cnc(Cl)nc32)c([N+](=O)[O-])c1C. The highest BCUT2D eigenvalue weighted by molar-refractivity contribution is 6.28. The molecule has 0 saturated heterocycles. The second-order valence-electron chi connectivity index (χ2n) is 7.14. The third kappa shape index (κ3) is 4.31. The van der Waals surface area contributed by atoms with Gasteiger partial charge in [0, 0.05) is 12.3 Å². The first-order valence-electron chi connectivity index (χ1n) is 9.76. The Hall–Kier alpha value is -3.94. The molecule has 34 heavy (non-hydrogen) atoms. The van der Waals surface area contributed by atoms with Crippen molar-refractivity contribution in [1.29, 1.82) is 0 Å². The van der Waals surface area contributed by atoms with E-state index in [9.17, 15) is 18.9 Å². The number of halogens is 3. The Morgan fingerprint density at radius 1 is 1.24 bits per heavy atom.